The third-order valence-electron chi connectivity index (χ3n) is 12.2. The Kier molecular flexibility index (Phi) is 17.2. The molecular formula is C62H56O10. The van der Waals surface area contributed by atoms with E-state index in [0.29, 0.717) is 54.8 Å². The summed E-state index contributed by atoms with van der Waals surface area (Å²) in [5.41, 5.74) is 4.93. The minimum Gasteiger partial charge on any atom is -0.494 e. The Balaban J connectivity index is 0.883. The largest absolute Gasteiger partial charge is 0.494 e. The Bertz CT molecular complexity index is 3130. The van der Waals surface area contributed by atoms with Gasteiger partial charge in [0.2, 0.25) is 0 Å². The number of rotatable bonds is 24. The minimum absolute atomic E-state index is 0.387. The third-order valence-corrected chi connectivity index (χ3v) is 12.2. The van der Waals surface area contributed by atoms with Crippen LogP contribution in [0.2, 0.25) is 0 Å². The molecular weight excluding hydrogens is 905 g/mol. The summed E-state index contributed by atoms with van der Waals surface area (Å²) in [7, 11) is 0. The van der Waals surface area contributed by atoms with E-state index in [1.807, 2.05) is 103 Å². The summed E-state index contributed by atoms with van der Waals surface area (Å²) in [6, 6.07) is 50.1. The third kappa shape index (κ3) is 13.0. The van der Waals surface area contributed by atoms with Crippen LogP contribution in [0.4, 0.5) is 0 Å². The topological polar surface area (TPSA) is 124 Å². The first-order chi connectivity index (χ1) is 35.3. The molecule has 0 amide bonds. The van der Waals surface area contributed by atoms with E-state index in [9.17, 15) is 19.2 Å². The SMILES string of the molecule is C=CC(=O)OCCCCCCOc1ccc(C(=O)Oc2ccc(-c3c4ccccc4c(-c4ccc(OC(=O)c5ccc6cc(OCCCCCCOC(=O)C=C)ccc6c5)cc4)c4ccccc34)cc2)cc1. The molecule has 0 aromatic heterocycles. The maximum absolute atomic E-state index is 13.4. The molecule has 0 atom stereocenters. The van der Waals surface area contributed by atoms with Gasteiger partial charge >= 0.3 is 23.9 Å². The fraction of sp³-hybridized carbons (Fsp3) is 0.194. The minimum atomic E-state index is -0.467. The molecule has 0 radical (unpaired) electrons. The Hall–Kier alpha value is -8.50. The maximum atomic E-state index is 13.4. The van der Waals surface area contributed by atoms with Crippen molar-refractivity contribution in [1.29, 1.82) is 0 Å². The van der Waals surface area contributed by atoms with Crippen LogP contribution in [0.5, 0.6) is 23.0 Å². The van der Waals surface area contributed by atoms with Crippen molar-refractivity contribution in [2.45, 2.75) is 51.4 Å². The highest BCUT2D eigenvalue weighted by atomic mass is 16.5. The van der Waals surface area contributed by atoms with Gasteiger partial charge in [-0.1, -0.05) is 98.1 Å². The number of esters is 4. The van der Waals surface area contributed by atoms with E-state index in [-0.39, 0.29) is 0 Å². The van der Waals surface area contributed by atoms with Crippen LogP contribution in [-0.2, 0) is 19.1 Å². The second-order valence-corrected chi connectivity index (χ2v) is 17.2. The number of fused-ring (bicyclic) bond motifs is 3. The quantitative estimate of drug-likeness (QED) is 0.0190. The van der Waals surface area contributed by atoms with Gasteiger partial charge in [-0.3, -0.25) is 0 Å². The van der Waals surface area contributed by atoms with Gasteiger partial charge in [0.1, 0.15) is 23.0 Å². The Morgan fingerprint density at radius 1 is 0.375 bits per heavy atom. The maximum Gasteiger partial charge on any atom is 0.343 e. The zero-order valence-electron chi connectivity index (χ0n) is 40.1. The van der Waals surface area contributed by atoms with Gasteiger partial charge in [-0.05, 0) is 179 Å². The number of benzene rings is 8. The van der Waals surface area contributed by atoms with Crippen LogP contribution in [-0.4, -0.2) is 50.3 Å². The Morgan fingerprint density at radius 2 is 0.750 bits per heavy atom. The van der Waals surface area contributed by atoms with Gasteiger partial charge in [0, 0.05) is 12.2 Å². The fourth-order valence-corrected chi connectivity index (χ4v) is 8.55. The van der Waals surface area contributed by atoms with Gasteiger partial charge in [-0.15, -0.1) is 0 Å². The molecule has 8 aromatic rings. The molecule has 0 saturated heterocycles. The Morgan fingerprint density at radius 3 is 1.22 bits per heavy atom. The van der Waals surface area contributed by atoms with E-state index in [1.54, 1.807) is 30.3 Å². The van der Waals surface area contributed by atoms with Crippen molar-refractivity contribution >= 4 is 56.2 Å². The van der Waals surface area contributed by atoms with E-state index < -0.39 is 23.9 Å². The van der Waals surface area contributed by atoms with Crippen LogP contribution >= 0.6 is 0 Å². The Labute approximate surface area is 419 Å². The number of carbonyl (C=O) groups excluding carboxylic acids is 4. The van der Waals surface area contributed by atoms with Gasteiger partial charge < -0.3 is 28.4 Å². The lowest BCUT2D eigenvalue weighted by Crippen LogP contribution is -2.08. The zero-order chi connectivity index (χ0) is 50.1. The molecule has 0 aliphatic rings. The van der Waals surface area contributed by atoms with E-state index in [0.717, 1.165) is 118 Å². The molecule has 8 rings (SSSR count). The average Bonchev–Trinajstić information content (AvgIpc) is 3.41. The molecule has 0 spiro atoms. The van der Waals surface area contributed by atoms with Crippen molar-refractivity contribution in [3.8, 4) is 45.3 Å². The molecule has 0 bridgehead atoms. The van der Waals surface area contributed by atoms with Gasteiger partial charge in [0.25, 0.3) is 0 Å². The predicted molar refractivity (Wildman–Crippen MR) is 283 cm³/mol. The average molecular weight is 961 g/mol. The molecule has 0 saturated carbocycles. The van der Waals surface area contributed by atoms with Crippen LogP contribution in [0.3, 0.4) is 0 Å². The molecule has 0 aliphatic heterocycles. The van der Waals surface area contributed by atoms with Crippen LogP contribution in [0.15, 0.2) is 183 Å². The first-order valence-corrected chi connectivity index (χ1v) is 24.3. The van der Waals surface area contributed by atoms with Crippen LogP contribution in [0.25, 0.3) is 54.6 Å². The van der Waals surface area contributed by atoms with Gasteiger partial charge in [-0.25, -0.2) is 19.2 Å². The summed E-state index contributed by atoms with van der Waals surface area (Å²) in [5.74, 6) is 0.579. The zero-order valence-corrected chi connectivity index (χ0v) is 40.1. The van der Waals surface area contributed by atoms with E-state index >= 15 is 0 Å². The van der Waals surface area contributed by atoms with E-state index in [4.69, 9.17) is 28.4 Å². The van der Waals surface area contributed by atoms with Gasteiger partial charge in [0.15, 0.2) is 0 Å². The van der Waals surface area contributed by atoms with Gasteiger partial charge in [0.05, 0.1) is 37.6 Å². The molecule has 364 valence electrons. The molecule has 10 nitrogen and oxygen atoms in total. The molecule has 0 heterocycles. The fourth-order valence-electron chi connectivity index (χ4n) is 8.55. The molecule has 0 unspecified atom stereocenters. The van der Waals surface area contributed by atoms with E-state index in [2.05, 4.69) is 37.4 Å². The van der Waals surface area contributed by atoms with Crippen molar-refractivity contribution in [2.24, 2.45) is 0 Å². The number of ether oxygens (including phenoxy) is 6. The summed E-state index contributed by atoms with van der Waals surface area (Å²) >= 11 is 0. The standard InChI is InChI=1S/C62H56O10/c1-3-57(63)69-39-15-7-5-13-37-67-49-30-27-45(28-31-49)61(65)71-50-32-23-43(24-33-50)59-53-17-9-11-19-55(53)60(56-20-12-10-18-54(56)59)44-25-34-51(35-26-44)72-62(66)48-22-21-47-42-52(36-29-46(47)41-48)68-38-14-6-8-16-40-70-58(64)4-2/h3-4,9-12,17-36,41-42H,1-2,5-8,13-16,37-40H2. The predicted octanol–water partition coefficient (Wildman–Crippen LogP) is 14.3. The number of hydrogen-bond donors (Lipinski definition) is 0. The summed E-state index contributed by atoms with van der Waals surface area (Å²) in [6.07, 6.45) is 9.47. The summed E-state index contributed by atoms with van der Waals surface area (Å²) in [5, 5.41) is 6.10. The summed E-state index contributed by atoms with van der Waals surface area (Å²) in [4.78, 5) is 48.9. The number of unbranched alkanes of at least 4 members (excludes halogenated alkanes) is 6. The first kappa shape index (κ1) is 49.9. The highest BCUT2D eigenvalue weighted by Crippen LogP contribution is 2.44. The lowest BCUT2D eigenvalue weighted by molar-refractivity contribution is -0.138. The molecule has 72 heavy (non-hydrogen) atoms. The van der Waals surface area contributed by atoms with Gasteiger partial charge in [-0.2, -0.15) is 0 Å². The van der Waals surface area contributed by atoms with Crippen LogP contribution < -0.4 is 18.9 Å². The van der Waals surface area contributed by atoms with Crippen LogP contribution in [0, 0.1) is 0 Å². The molecule has 10 heteroatoms. The summed E-state index contributed by atoms with van der Waals surface area (Å²) < 4.78 is 33.5. The number of hydrogen-bond acceptors (Lipinski definition) is 10. The lowest BCUT2D eigenvalue weighted by atomic mass is 9.86. The normalized spacial score (nSPS) is 10.9. The monoisotopic (exact) mass is 960 g/mol. The second kappa shape index (κ2) is 24.9. The second-order valence-electron chi connectivity index (χ2n) is 17.2. The highest BCUT2D eigenvalue weighted by molar-refractivity contribution is 6.21. The smallest absolute Gasteiger partial charge is 0.343 e. The molecule has 0 fully saturated rings. The summed E-state index contributed by atoms with van der Waals surface area (Å²) in [6.45, 7) is 8.70. The molecule has 0 aliphatic carbocycles. The highest BCUT2D eigenvalue weighted by Gasteiger charge is 2.18. The molecule has 0 N–H and O–H groups in total. The van der Waals surface area contributed by atoms with E-state index in [1.165, 1.54) is 6.08 Å². The van der Waals surface area contributed by atoms with Crippen molar-refractivity contribution in [3.63, 3.8) is 0 Å². The number of carbonyl (C=O) groups is 4. The molecule has 8 aromatic carbocycles. The van der Waals surface area contributed by atoms with Crippen molar-refractivity contribution < 1.29 is 47.6 Å². The van der Waals surface area contributed by atoms with Crippen LogP contribution in [0.1, 0.15) is 72.1 Å². The van der Waals surface area contributed by atoms with Crippen molar-refractivity contribution in [2.75, 3.05) is 26.4 Å². The lowest BCUT2D eigenvalue weighted by Gasteiger charge is -2.18. The van der Waals surface area contributed by atoms with Crippen molar-refractivity contribution in [1.82, 2.24) is 0 Å². The first-order valence-electron chi connectivity index (χ1n) is 24.3. The van der Waals surface area contributed by atoms with Crippen molar-refractivity contribution in [3.05, 3.63) is 194 Å².